The molecule has 7 heteroatoms. The summed E-state index contributed by atoms with van der Waals surface area (Å²) < 4.78 is 16.7. The highest BCUT2D eigenvalue weighted by Crippen LogP contribution is 2.36. The molecule has 1 atom stereocenters. The van der Waals surface area contributed by atoms with Gasteiger partial charge in [-0.2, -0.15) is 10.4 Å². The number of hydrogen-bond acceptors (Lipinski definition) is 3. The Morgan fingerprint density at radius 3 is 2.52 bits per heavy atom. The van der Waals surface area contributed by atoms with Crippen molar-refractivity contribution in [3.63, 3.8) is 0 Å². The van der Waals surface area contributed by atoms with Crippen LogP contribution in [0.25, 0.3) is 11.3 Å². The summed E-state index contributed by atoms with van der Waals surface area (Å²) in [6, 6.07) is 12.4. The molecule has 0 radical (unpaired) electrons. The summed E-state index contributed by atoms with van der Waals surface area (Å²) in [5.74, 6) is 0.297. The zero-order valence-electron chi connectivity index (χ0n) is 14.5. The monoisotopic (exact) mass is 357 g/mol. The maximum atomic E-state index is 11.9. The third-order valence-corrected chi connectivity index (χ3v) is 5.89. The average molecular weight is 357 g/mol. The van der Waals surface area contributed by atoms with Crippen molar-refractivity contribution in [2.75, 3.05) is 14.1 Å². The van der Waals surface area contributed by atoms with E-state index in [0.717, 1.165) is 42.6 Å². The van der Waals surface area contributed by atoms with Gasteiger partial charge in [0, 0.05) is 31.6 Å². The van der Waals surface area contributed by atoms with E-state index in [1.54, 1.807) is 18.4 Å². The molecule has 1 heterocycles. The predicted molar refractivity (Wildman–Crippen MR) is 98.7 cm³/mol. The molecular formula is C18H23N5OS. The van der Waals surface area contributed by atoms with Crippen LogP contribution in [0.5, 0.6) is 0 Å². The van der Waals surface area contributed by atoms with Crippen molar-refractivity contribution < 1.29 is 4.21 Å². The lowest BCUT2D eigenvalue weighted by Crippen LogP contribution is -2.39. The molecule has 6 nitrogen and oxygen atoms in total. The number of aromatic amines is 1. The Labute approximate surface area is 151 Å². The zero-order chi connectivity index (χ0) is 17.8. The number of nitrogens with zero attached hydrogens (tertiary/aromatic N) is 3. The van der Waals surface area contributed by atoms with Crippen LogP contribution < -0.4 is 4.72 Å². The number of H-pyrrole nitrogens is 1. The van der Waals surface area contributed by atoms with Crippen LogP contribution >= 0.6 is 0 Å². The Morgan fingerprint density at radius 2 is 1.92 bits per heavy atom. The highest BCUT2D eigenvalue weighted by atomic mass is 32.2. The molecular weight excluding hydrogens is 334 g/mol. The topological polar surface area (TPSA) is 84.8 Å². The summed E-state index contributed by atoms with van der Waals surface area (Å²) in [5.41, 5.74) is 3.28. The maximum absolute atomic E-state index is 11.9. The minimum Gasteiger partial charge on any atom is -0.280 e. The fourth-order valence-electron chi connectivity index (χ4n) is 3.32. The number of nitriles is 1. The van der Waals surface area contributed by atoms with Gasteiger partial charge in [0.05, 0.1) is 5.69 Å². The van der Waals surface area contributed by atoms with Gasteiger partial charge in [-0.25, -0.2) is 13.2 Å². The Hall–Kier alpha value is -2.01. The number of rotatable bonds is 5. The van der Waals surface area contributed by atoms with E-state index in [1.807, 2.05) is 30.3 Å². The van der Waals surface area contributed by atoms with Crippen molar-refractivity contribution >= 4 is 11.2 Å². The van der Waals surface area contributed by atoms with Gasteiger partial charge in [-0.15, -0.1) is 0 Å². The van der Waals surface area contributed by atoms with Gasteiger partial charge in [-0.05, 0) is 25.7 Å². The molecule has 0 amide bonds. The lowest BCUT2D eigenvalue weighted by atomic mass is 9.83. The number of benzene rings is 1. The summed E-state index contributed by atoms with van der Waals surface area (Å²) in [6.45, 7) is 0. The second-order valence-electron chi connectivity index (χ2n) is 6.57. The molecule has 132 valence electrons. The van der Waals surface area contributed by atoms with Crippen molar-refractivity contribution in [2.45, 2.75) is 37.6 Å². The molecule has 1 aromatic carbocycles. The van der Waals surface area contributed by atoms with Crippen LogP contribution in [0.4, 0.5) is 0 Å². The van der Waals surface area contributed by atoms with Gasteiger partial charge in [0.1, 0.15) is 17.3 Å². The number of aromatic nitrogens is 2. The van der Waals surface area contributed by atoms with E-state index < -0.39 is 11.2 Å². The van der Waals surface area contributed by atoms with Crippen LogP contribution in [-0.2, 0) is 11.2 Å². The van der Waals surface area contributed by atoms with Gasteiger partial charge in [-0.3, -0.25) is 5.10 Å². The highest BCUT2D eigenvalue weighted by Gasteiger charge is 2.28. The summed E-state index contributed by atoms with van der Waals surface area (Å²) in [6.07, 6.45) is 3.78. The zero-order valence-corrected chi connectivity index (χ0v) is 15.3. The third kappa shape index (κ3) is 3.98. The molecule has 3 rings (SSSR count). The number of nitrogens with one attached hydrogen (secondary N) is 2. The van der Waals surface area contributed by atoms with Gasteiger partial charge < -0.3 is 0 Å². The van der Waals surface area contributed by atoms with E-state index in [9.17, 15) is 9.47 Å². The quantitative estimate of drug-likeness (QED) is 0.863. The summed E-state index contributed by atoms with van der Waals surface area (Å²) >= 11 is -1.14. The molecule has 1 aliphatic carbocycles. The molecule has 0 bridgehead atoms. The average Bonchev–Trinajstić information content (AvgIpc) is 3.07. The number of hydrogen-bond donors (Lipinski definition) is 2. The molecule has 0 saturated heterocycles. The van der Waals surface area contributed by atoms with Gasteiger partial charge in [0.2, 0.25) is 0 Å². The summed E-state index contributed by atoms with van der Waals surface area (Å²) in [5, 5.41) is 17.2. The van der Waals surface area contributed by atoms with Gasteiger partial charge in [-0.1, -0.05) is 30.3 Å². The lowest BCUT2D eigenvalue weighted by molar-refractivity contribution is 0.370. The first-order valence-corrected chi connectivity index (χ1v) is 9.60. The Morgan fingerprint density at radius 1 is 1.24 bits per heavy atom. The molecule has 0 spiro atoms. The van der Waals surface area contributed by atoms with E-state index in [0.29, 0.717) is 11.5 Å². The Kier molecular flexibility index (Phi) is 5.63. The minimum absolute atomic E-state index is 0.251. The van der Waals surface area contributed by atoms with Crippen molar-refractivity contribution in [3.05, 3.63) is 41.6 Å². The van der Waals surface area contributed by atoms with Crippen molar-refractivity contribution in [1.29, 1.82) is 5.26 Å². The van der Waals surface area contributed by atoms with Crippen LogP contribution in [0.15, 0.2) is 30.3 Å². The molecule has 2 N–H and O–H groups in total. The van der Waals surface area contributed by atoms with Crippen molar-refractivity contribution in [3.8, 4) is 17.3 Å². The molecule has 1 saturated carbocycles. The van der Waals surface area contributed by atoms with E-state index in [-0.39, 0.29) is 6.04 Å². The van der Waals surface area contributed by atoms with Crippen LogP contribution in [0.1, 0.15) is 42.9 Å². The Bertz CT molecular complexity index is 773. The molecule has 2 aromatic rings. The molecule has 0 aliphatic heterocycles. The van der Waals surface area contributed by atoms with Crippen molar-refractivity contribution in [1.82, 2.24) is 19.2 Å². The first-order valence-electron chi connectivity index (χ1n) is 8.49. The van der Waals surface area contributed by atoms with E-state index in [1.165, 1.54) is 0 Å². The SMILES string of the molecule is CN(C)S(=O)NC1CCC(c2[nH]nc(-c3ccccc3)c2C#N)CC1. The fourth-order valence-corrected chi connectivity index (χ4v) is 4.05. The first-order chi connectivity index (χ1) is 12.1. The van der Waals surface area contributed by atoms with Crippen LogP contribution in [-0.4, -0.2) is 38.8 Å². The standard InChI is InChI=1S/C18H23N5OS/c1-23(2)25(24)22-15-10-8-14(9-11-15)18-16(12-19)17(20-21-18)13-6-4-3-5-7-13/h3-7,14-15,22H,8-11H2,1-2H3,(H,20,21). The van der Waals surface area contributed by atoms with Crippen LogP contribution in [0.3, 0.4) is 0 Å². The largest absolute Gasteiger partial charge is 0.280 e. The van der Waals surface area contributed by atoms with E-state index in [2.05, 4.69) is 21.0 Å². The molecule has 1 unspecified atom stereocenters. The third-order valence-electron chi connectivity index (χ3n) is 4.69. The van der Waals surface area contributed by atoms with E-state index in [4.69, 9.17) is 0 Å². The van der Waals surface area contributed by atoms with Gasteiger partial charge >= 0.3 is 0 Å². The summed E-state index contributed by atoms with van der Waals surface area (Å²) in [7, 11) is 3.59. The second kappa shape index (κ2) is 7.91. The highest BCUT2D eigenvalue weighted by molar-refractivity contribution is 7.80. The van der Waals surface area contributed by atoms with Gasteiger partial charge in [0.15, 0.2) is 11.2 Å². The predicted octanol–water partition coefficient (Wildman–Crippen LogP) is 2.70. The first kappa shape index (κ1) is 17.8. The fraction of sp³-hybridized carbons (Fsp3) is 0.444. The Balaban J connectivity index is 1.71. The summed E-state index contributed by atoms with van der Waals surface area (Å²) in [4.78, 5) is 0. The van der Waals surface area contributed by atoms with E-state index >= 15 is 0 Å². The van der Waals surface area contributed by atoms with Crippen LogP contribution in [0, 0.1) is 11.3 Å². The lowest BCUT2D eigenvalue weighted by Gasteiger charge is -2.29. The van der Waals surface area contributed by atoms with Crippen LogP contribution in [0.2, 0.25) is 0 Å². The maximum Gasteiger partial charge on any atom is 0.169 e. The molecule has 1 aliphatic rings. The smallest absolute Gasteiger partial charge is 0.169 e. The minimum atomic E-state index is -1.14. The molecule has 1 fully saturated rings. The molecule has 1 aromatic heterocycles. The normalized spacial score (nSPS) is 21.8. The molecule has 25 heavy (non-hydrogen) atoms. The second-order valence-corrected chi connectivity index (χ2v) is 8.03. The van der Waals surface area contributed by atoms with Crippen molar-refractivity contribution in [2.24, 2.45) is 0 Å². The van der Waals surface area contributed by atoms with Gasteiger partial charge in [0.25, 0.3) is 0 Å².